The Balaban J connectivity index is 0. The fourth-order valence-electron chi connectivity index (χ4n) is 0. The molecule has 0 bridgehead atoms. The Morgan fingerprint density at radius 2 is 1.75 bits per heavy atom. The zero-order valence-electron chi connectivity index (χ0n) is 1.43. The summed E-state index contributed by atoms with van der Waals surface area (Å²) in [7, 11) is 2.08. The smallest absolute Gasteiger partial charge is 0.187 e. The molecule has 0 aliphatic rings. The maximum atomic E-state index is 8.87. The highest BCUT2D eigenvalue weighted by atomic mass is 32.0. The molecule has 0 fully saturated rings. The van der Waals surface area contributed by atoms with E-state index in [0.29, 0.717) is 0 Å². The van der Waals surface area contributed by atoms with E-state index in [1.54, 1.807) is 0 Å². The van der Waals surface area contributed by atoms with Gasteiger partial charge in [-0.1, -0.05) is 0 Å². The Bertz CT molecular complexity index is 13.5. The molecule has 1 unspecified atom stereocenters. The highest BCUT2D eigenvalue weighted by Gasteiger charge is 1.27. The zero-order valence-corrected chi connectivity index (χ0v) is 3.48. The van der Waals surface area contributed by atoms with Crippen LogP contribution in [-0.2, 0) is 4.57 Å². The predicted molar refractivity (Wildman–Crippen MR) is 27.3 cm³/mol. The van der Waals surface area contributed by atoms with Gasteiger partial charge in [-0.25, -0.2) is 0 Å². The van der Waals surface area contributed by atoms with Gasteiger partial charge in [-0.3, -0.25) is 4.57 Å². The van der Waals surface area contributed by atoms with Gasteiger partial charge in [0.25, 0.3) is 0 Å². The van der Waals surface area contributed by atoms with Crippen molar-refractivity contribution < 1.29 is 4.57 Å². The summed E-state index contributed by atoms with van der Waals surface area (Å²) in [4.78, 5) is 0. The van der Waals surface area contributed by atoms with Crippen LogP contribution in [0.3, 0.4) is 0 Å². The first-order chi connectivity index (χ1) is 1.41. The highest BCUT2D eigenvalue weighted by Crippen LogP contribution is 1.99. The second kappa shape index (κ2) is 8.96. The maximum Gasteiger partial charge on any atom is 0.187 e. The molecule has 0 aromatic heterocycles. The Hall–Kier alpha value is 1.06. The largest absolute Gasteiger partial charge is 0.271 e. The molecule has 0 spiro atoms. The van der Waals surface area contributed by atoms with Crippen molar-refractivity contribution in [1.82, 2.24) is 0 Å². The van der Waals surface area contributed by atoms with E-state index < -0.39 is 0 Å². The van der Waals surface area contributed by atoms with E-state index in [0.717, 1.165) is 0 Å². The van der Waals surface area contributed by atoms with E-state index in [4.69, 9.17) is 4.57 Å². The average Bonchev–Trinajstić information content (AvgIpc) is 0.918. The highest BCUT2D eigenvalue weighted by molar-refractivity contribution is 7.96. The molecule has 0 amide bonds. The van der Waals surface area contributed by atoms with Gasteiger partial charge in [0, 0.05) is 0 Å². The van der Waals surface area contributed by atoms with Crippen LogP contribution in [0.15, 0.2) is 0 Å². The van der Waals surface area contributed by atoms with Crippen LogP contribution < -0.4 is 0 Å². The first-order valence-corrected chi connectivity index (χ1v) is 2.87. The number of hydrogen-bond acceptors (Lipinski definition) is 1. The summed E-state index contributed by atoms with van der Waals surface area (Å²) in [5.41, 5.74) is 0. The molecule has 4 heavy (non-hydrogen) atoms. The number of rotatable bonds is 0. The van der Waals surface area contributed by atoms with Crippen LogP contribution in [0.4, 0.5) is 0 Å². The van der Waals surface area contributed by atoms with Crippen LogP contribution in [0, 0.1) is 0 Å². The monoisotopic (exact) mass is 110 g/mol. The fourth-order valence-corrected chi connectivity index (χ4v) is 0. The lowest BCUT2D eigenvalue weighted by Crippen LogP contribution is -0.679. The quantitative estimate of drug-likeness (QED) is 0.314. The van der Waals surface area contributed by atoms with Gasteiger partial charge < -0.3 is 0 Å². The van der Waals surface area contributed by atoms with Gasteiger partial charge in [0.2, 0.25) is 0 Å². The van der Waals surface area contributed by atoms with Gasteiger partial charge in [0.05, 0.1) is 0 Å². The van der Waals surface area contributed by atoms with E-state index in [-0.39, 0.29) is 25.5 Å². The summed E-state index contributed by atoms with van der Waals surface area (Å²) in [5.74, 6) is 0. The van der Waals surface area contributed by atoms with Gasteiger partial charge in [0.15, 0.2) is 25.5 Å². The minimum Gasteiger partial charge on any atom is -0.271 e. The third-order valence-corrected chi connectivity index (χ3v) is 0. The van der Waals surface area contributed by atoms with Gasteiger partial charge in [-0.15, -0.1) is 0 Å². The van der Waals surface area contributed by atoms with Gasteiger partial charge in [-0.05, 0) is 8.93 Å². The van der Waals surface area contributed by atoms with Crippen molar-refractivity contribution >= 4 is 34.4 Å². The van der Waals surface area contributed by atoms with Crippen LogP contribution in [0.1, 0.15) is 0 Å². The van der Waals surface area contributed by atoms with E-state index in [1.165, 1.54) is 0 Å². The molecule has 24 valence electrons. The molecule has 0 rings (SSSR count). The first-order valence-electron chi connectivity index (χ1n) is 0.441. The standard InChI is InChI=1S/Al.H2OP2.3H/c;1-3-2;;;/h;2H2;;;. The minimum absolute atomic E-state index is 0. The molecule has 0 aliphatic carbocycles. The van der Waals surface area contributed by atoms with Crippen molar-refractivity contribution in [2.24, 2.45) is 0 Å². The van der Waals surface area contributed by atoms with Crippen molar-refractivity contribution in [1.29, 1.82) is 0 Å². The molecule has 0 saturated heterocycles. The second-order valence-corrected chi connectivity index (χ2v) is 0.949. The lowest BCUT2D eigenvalue weighted by Gasteiger charge is -1.21. The average molecular weight is 110 g/mol. The summed E-state index contributed by atoms with van der Waals surface area (Å²) >= 11 is 0. The fraction of sp³-hybridized carbons (Fsp3) is 0. The minimum atomic E-state index is 0. The van der Waals surface area contributed by atoms with E-state index in [9.17, 15) is 0 Å². The third kappa shape index (κ3) is 11.5. The van der Waals surface area contributed by atoms with Crippen molar-refractivity contribution in [2.75, 3.05) is 0 Å². The molecule has 1 atom stereocenters. The molecule has 1 nitrogen and oxygen atoms in total. The SMILES string of the molecule is O=PP.[AlH3]. The molecular formula is H5AlOP2. The molecule has 0 N–H and O–H groups in total. The molecule has 0 aromatic rings. The van der Waals surface area contributed by atoms with Gasteiger partial charge >= 0.3 is 0 Å². The normalized spacial score (nSPS) is 5.25. The van der Waals surface area contributed by atoms with E-state index >= 15 is 0 Å². The van der Waals surface area contributed by atoms with Crippen LogP contribution in [0.5, 0.6) is 0 Å². The molecule has 4 heteroatoms. The Morgan fingerprint density at radius 1 is 1.75 bits per heavy atom. The lowest BCUT2D eigenvalue weighted by molar-refractivity contribution is 0.605. The summed E-state index contributed by atoms with van der Waals surface area (Å²) in [6, 6.07) is 0. The van der Waals surface area contributed by atoms with Crippen molar-refractivity contribution in [2.45, 2.75) is 0 Å². The summed E-state index contributed by atoms with van der Waals surface area (Å²) in [6.07, 6.45) is 0. The molecule has 0 heterocycles. The lowest BCUT2D eigenvalue weighted by atomic mass is 16.0. The van der Waals surface area contributed by atoms with Gasteiger partial charge in [0.1, 0.15) is 0 Å². The van der Waals surface area contributed by atoms with Crippen molar-refractivity contribution in [3.8, 4) is 0 Å². The molecular weight excluding hydrogens is 105 g/mol. The maximum absolute atomic E-state index is 8.87. The Kier molecular flexibility index (Phi) is 19.9. The molecule has 0 aromatic carbocycles. The van der Waals surface area contributed by atoms with Crippen molar-refractivity contribution in [3.63, 3.8) is 0 Å². The molecule has 0 saturated carbocycles. The van der Waals surface area contributed by atoms with Crippen LogP contribution in [0.2, 0.25) is 0 Å². The van der Waals surface area contributed by atoms with Gasteiger partial charge in [-0.2, -0.15) is 0 Å². The Labute approximate surface area is 39.6 Å². The molecule has 0 aliphatic heterocycles. The zero-order chi connectivity index (χ0) is 2.71. The van der Waals surface area contributed by atoms with Crippen LogP contribution in [-0.4, -0.2) is 17.4 Å². The summed E-state index contributed by atoms with van der Waals surface area (Å²) in [6.45, 7) is 0. The second-order valence-electron chi connectivity index (χ2n) is 0.105. The van der Waals surface area contributed by atoms with Crippen molar-refractivity contribution in [3.05, 3.63) is 0 Å². The van der Waals surface area contributed by atoms with E-state index in [1.807, 2.05) is 8.93 Å². The summed E-state index contributed by atoms with van der Waals surface area (Å²) < 4.78 is 8.87. The van der Waals surface area contributed by atoms with Crippen LogP contribution >= 0.6 is 17.1 Å². The van der Waals surface area contributed by atoms with E-state index in [2.05, 4.69) is 0 Å². The number of hydrogen-bond donors (Lipinski definition) is 0. The predicted octanol–water partition coefficient (Wildman–Crippen LogP) is -0.116. The summed E-state index contributed by atoms with van der Waals surface area (Å²) in [5, 5.41) is 0. The Morgan fingerprint density at radius 3 is 1.75 bits per heavy atom. The topological polar surface area (TPSA) is 17.1 Å². The van der Waals surface area contributed by atoms with Crippen LogP contribution in [0.25, 0.3) is 0 Å². The molecule has 0 radical (unpaired) electrons. The first kappa shape index (κ1) is 8.91. The third-order valence-electron chi connectivity index (χ3n) is 0.